The molecule has 1 aliphatic rings. The molecule has 0 radical (unpaired) electrons. The molecule has 0 bridgehead atoms. The number of carbonyl (C=O) groups is 2. The first kappa shape index (κ1) is 10.5. The molecule has 2 rings (SSSR count). The van der Waals surface area contributed by atoms with E-state index in [4.69, 9.17) is 4.84 Å². The van der Waals surface area contributed by atoms with E-state index in [0.29, 0.717) is 5.56 Å². The number of benzene rings is 1. The largest absolute Gasteiger partial charge is 0.508 e. The van der Waals surface area contributed by atoms with E-state index < -0.39 is 12.0 Å². The van der Waals surface area contributed by atoms with Crippen molar-refractivity contribution in [3.63, 3.8) is 0 Å². The fourth-order valence-corrected chi connectivity index (χ4v) is 1.74. The summed E-state index contributed by atoms with van der Waals surface area (Å²) < 4.78 is 0. The van der Waals surface area contributed by atoms with Gasteiger partial charge in [-0.1, -0.05) is 18.2 Å². The maximum atomic E-state index is 11.3. The van der Waals surface area contributed by atoms with Gasteiger partial charge in [-0.05, 0) is 6.07 Å². The molecule has 1 atom stereocenters. The highest BCUT2D eigenvalue weighted by Gasteiger charge is 2.37. The van der Waals surface area contributed by atoms with Crippen LogP contribution in [0, 0.1) is 0 Å². The van der Waals surface area contributed by atoms with Crippen LogP contribution in [0.2, 0.25) is 0 Å². The summed E-state index contributed by atoms with van der Waals surface area (Å²) in [5.41, 5.74) is 0.517. The van der Waals surface area contributed by atoms with Gasteiger partial charge in [-0.2, -0.15) is 5.06 Å². The lowest BCUT2D eigenvalue weighted by molar-refractivity contribution is -0.186. The monoisotopic (exact) mass is 221 g/mol. The summed E-state index contributed by atoms with van der Waals surface area (Å²) in [5.74, 6) is -0.778. The molecule has 0 saturated carbocycles. The molecule has 1 unspecified atom stereocenters. The fourth-order valence-electron chi connectivity index (χ4n) is 1.74. The lowest BCUT2D eigenvalue weighted by Crippen LogP contribution is -2.27. The predicted octanol–water partition coefficient (Wildman–Crippen LogP) is 1.14. The molecule has 1 N–H and O–H groups in total. The van der Waals surface area contributed by atoms with Crippen LogP contribution in [0.1, 0.15) is 24.9 Å². The number of phenols is 1. The van der Waals surface area contributed by atoms with Gasteiger partial charge in [0.1, 0.15) is 11.8 Å². The minimum absolute atomic E-state index is 0.0528. The van der Waals surface area contributed by atoms with Gasteiger partial charge in [0.05, 0.1) is 6.42 Å². The Morgan fingerprint density at radius 1 is 1.50 bits per heavy atom. The van der Waals surface area contributed by atoms with Gasteiger partial charge >= 0.3 is 5.97 Å². The zero-order chi connectivity index (χ0) is 11.7. The van der Waals surface area contributed by atoms with E-state index in [1.165, 1.54) is 13.0 Å². The van der Waals surface area contributed by atoms with E-state index in [1.54, 1.807) is 18.2 Å². The summed E-state index contributed by atoms with van der Waals surface area (Å²) in [7, 11) is 0. The molecule has 1 fully saturated rings. The van der Waals surface area contributed by atoms with E-state index >= 15 is 0 Å². The standard InChI is InChI=1S/C11H11NO4/c1-7(13)12-9(6-11(15)16-12)8-4-2-3-5-10(8)14/h2-5,9,14H,6H2,1H3. The van der Waals surface area contributed by atoms with Crippen LogP contribution in [0.4, 0.5) is 0 Å². The minimum atomic E-state index is -0.536. The zero-order valence-electron chi connectivity index (χ0n) is 8.71. The molecule has 1 aromatic rings. The third kappa shape index (κ3) is 1.71. The van der Waals surface area contributed by atoms with Crippen LogP contribution in [0.3, 0.4) is 0 Å². The number of hydrogen-bond acceptors (Lipinski definition) is 4. The highest BCUT2D eigenvalue weighted by molar-refractivity contribution is 5.80. The molecule has 0 aromatic heterocycles. The van der Waals surface area contributed by atoms with Crippen LogP contribution < -0.4 is 0 Å². The summed E-state index contributed by atoms with van der Waals surface area (Å²) in [6.45, 7) is 1.31. The van der Waals surface area contributed by atoms with Crippen molar-refractivity contribution in [2.75, 3.05) is 0 Å². The summed E-state index contributed by atoms with van der Waals surface area (Å²) >= 11 is 0. The van der Waals surface area contributed by atoms with Gasteiger partial charge < -0.3 is 9.94 Å². The van der Waals surface area contributed by atoms with Crippen LogP contribution in [0.5, 0.6) is 5.75 Å². The molecule has 1 heterocycles. The molecule has 1 saturated heterocycles. The highest BCUT2D eigenvalue weighted by atomic mass is 16.7. The molecule has 1 amide bonds. The van der Waals surface area contributed by atoms with E-state index in [2.05, 4.69) is 0 Å². The lowest BCUT2D eigenvalue weighted by atomic mass is 10.0. The van der Waals surface area contributed by atoms with Gasteiger partial charge in [-0.15, -0.1) is 0 Å². The Kier molecular flexibility index (Phi) is 2.52. The maximum absolute atomic E-state index is 11.3. The average Bonchev–Trinajstić information content (AvgIpc) is 2.61. The molecule has 5 nitrogen and oxygen atoms in total. The van der Waals surface area contributed by atoms with Crippen LogP contribution in [0.25, 0.3) is 0 Å². The van der Waals surface area contributed by atoms with E-state index in [9.17, 15) is 14.7 Å². The van der Waals surface area contributed by atoms with E-state index in [0.717, 1.165) is 5.06 Å². The number of rotatable bonds is 1. The first-order valence-corrected chi connectivity index (χ1v) is 4.88. The normalized spacial score (nSPS) is 19.7. The number of aromatic hydroxyl groups is 1. The Hall–Kier alpha value is -2.04. The summed E-state index contributed by atoms with van der Waals surface area (Å²) in [6, 6.07) is 6.05. The summed E-state index contributed by atoms with van der Waals surface area (Å²) in [5, 5.41) is 10.6. The number of hydroxylamine groups is 2. The Labute approximate surface area is 92.2 Å². The fraction of sp³-hybridized carbons (Fsp3) is 0.273. The van der Waals surface area contributed by atoms with Crippen molar-refractivity contribution in [1.82, 2.24) is 5.06 Å². The maximum Gasteiger partial charge on any atom is 0.335 e. The third-order valence-corrected chi connectivity index (χ3v) is 2.45. The van der Waals surface area contributed by atoms with E-state index in [1.807, 2.05) is 0 Å². The van der Waals surface area contributed by atoms with Crippen LogP contribution in [-0.4, -0.2) is 22.0 Å². The first-order chi connectivity index (χ1) is 7.59. The SMILES string of the molecule is CC(=O)N1OC(=O)CC1c1ccccc1O. The quantitative estimate of drug-likeness (QED) is 0.772. The zero-order valence-corrected chi connectivity index (χ0v) is 8.71. The summed E-state index contributed by atoms with van der Waals surface area (Å²) in [4.78, 5) is 27.2. The molecule has 1 aromatic carbocycles. The highest BCUT2D eigenvalue weighted by Crippen LogP contribution is 2.35. The second-order valence-electron chi connectivity index (χ2n) is 3.59. The topological polar surface area (TPSA) is 66.8 Å². The molecular formula is C11H11NO4. The summed E-state index contributed by atoms with van der Waals surface area (Å²) in [6.07, 6.45) is 0.0666. The van der Waals surface area contributed by atoms with Crippen molar-refractivity contribution in [3.05, 3.63) is 29.8 Å². The number of phenolic OH excluding ortho intramolecular Hbond substituents is 1. The van der Waals surface area contributed by atoms with Gasteiger partial charge in [-0.25, -0.2) is 4.79 Å². The Bertz CT molecular complexity index is 443. The van der Waals surface area contributed by atoms with E-state index in [-0.39, 0.29) is 18.1 Å². The number of carbonyl (C=O) groups excluding carboxylic acids is 2. The number of para-hydroxylation sites is 1. The molecule has 0 spiro atoms. The van der Waals surface area contributed by atoms with Gasteiger partial charge in [-0.3, -0.25) is 4.79 Å². The Balaban J connectivity index is 2.36. The van der Waals surface area contributed by atoms with Crippen molar-refractivity contribution >= 4 is 11.9 Å². The van der Waals surface area contributed by atoms with Gasteiger partial charge in [0.15, 0.2) is 0 Å². The second kappa shape index (κ2) is 3.84. The molecule has 84 valence electrons. The van der Waals surface area contributed by atoms with Gasteiger partial charge in [0.2, 0.25) is 0 Å². The number of nitrogens with zero attached hydrogens (tertiary/aromatic N) is 1. The molecule has 1 aliphatic heterocycles. The molecule has 16 heavy (non-hydrogen) atoms. The average molecular weight is 221 g/mol. The van der Waals surface area contributed by atoms with Crippen molar-refractivity contribution in [2.45, 2.75) is 19.4 Å². The third-order valence-electron chi connectivity index (χ3n) is 2.45. The second-order valence-corrected chi connectivity index (χ2v) is 3.59. The Morgan fingerprint density at radius 2 is 2.19 bits per heavy atom. The van der Waals surface area contributed by atoms with Crippen LogP contribution in [-0.2, 0) is 14.4 Å². The van der Waals surface area contributed by atoms with Crippen LogP contribution in [0.15, 0.2) is 24.3 Å². The smallest absolute Gasteiger partial charge is 0.335 e. The number of hydrogen-bond donors (Lipinski definition) is 1. The van der Waals surface area contributed by atoms with Gasteiger partial charge in [0.25, 0.3) is 5.91 Å². The molecular weight excluding hydrogens is 210 g/mol. The lowest BCUT2D eigenvalue weighted by Gasteiger charge is -2.20. The van der Waals surface area contributed by atoms with Crippen molar-refractivity contribution in [3.8, 4) is 5.75 Å². The van der Waals surface area contributed by atoms with Crippen molar-refractivity contribution in [2.24, 2.45) is 0 Å². The van der Waals surface area contributed by atoms with Gasteiger partial charge in [0, 0.05) is 12.5 Å². The van der Waals surface area contributed by atoms with Crippen LogP contribution >= 0.6 is 0 Å². The minimum Gasteiger partial charge on any atom is -0.508 e. The predicted molar refractivity (Wildman–Crippen MR) is 54.1 cm³/mol. The van der Waals surface area contributed by atoms with Crippen molar-refractivity contribution in [1.29, 1.82) is 0 Å². The first-order valence-electron chi connectivity index (χ1n) is 4.88. The molecule has 5 heteroatoms. The molecule has 0 aliphatic carbocycles. The van der Waals surface area contributed by atoms with Crippen molar-refractivity contribution < 1.29 is 19.5 Å². The number of amides is 1. The Morgan fingerprint density at radius 3 is 2.81 bits per heavy atom.